The van der Waals surface area contributed by atoms with Gasteiger partial charge < -0.3 is 4.74 Å². The smallest absolute Gasteiger partial charge is 0.235 e. The molecule has 0 unspecified atom stereocenters. The average molecular weight is 205 g/mol. The molecule has 0 heterocycles. The summed E-state index contributed by atoms with van der Waals surface area (Å²) in [5.74, 6) is 0.667. The number of rotatable bonds is 5. The van der Waals surface area contributed by atoms with E-state index in [0.29, 0.717) is 12.4 Å². The van der Waals surface area contributed by atoms with E-state index >= 15 is 0 Å². The van der Waals surface area contributed by atoms with Crippen molar-refractivity contribution in [3.05, 3.63) is 58.8 Å². The minimum atomic E-state index is -0.503. The summed E-state index contributed by atoms with van der Waals surface area (Å²) in [7, 11) is 0. The topological polar surface area (TPSA) is 52.4 Å². The predicted octanol–water partition coefficient (Wildman–Crippen LogP) is 2.50. The summed E-state index contributed by atoms with van der Waals surface area (Å²) in [5, 5.41) is 10.1. The molecule has 4 heteroatoms. The Morgan fingerprint density at radius 3 is 3.00 bits per heavy atom. The maximum atomic E-state index is 10.1. The van der Waals surface area contributed by atoms with Crippen LogP contribution in [-0.4, -0.2) is 11.5 Å². The first-order valence-electron chi connectivity index (χ1n) is 4.38. The zero-order valence-electron chi connectivity index (χ0n) is 8.13. The summed E-state index contributed by atoms with van der Waals surface area (Å²) < 4.78 is 5.28. The molecule has 0 N–H and O–H groups in total. The first-order valence-corrected chi connectivity index (χ1v) is 4.38. The van der Waals surface area contributed by atoms with Gasteiger partial charge >= 0.3 is 0 Å². The average Bonchev–Trinajstić information content (AvgIpc) is 2.24. The van der Waals surface area contributed by atoms with E-state index in [1.165, 1.54) is 6.08 Å². The quantitative estimate of drug-likeness (QED) is 0.421. The van der Waals surface area contributed by atoms with Crippen LogP contribution in [0.5, 0.6) is 5.75 Å². The Hall–Kier alpha value is -2.10. The highest BCUT2D eigenvalue weighted by atomic mass is 16.6. The van der Waals surface area contributed by atoms with E-state index in [1.54, 1.807) is 30.3 Å². The van der Waals surface area contributed by atoms with Crippen molar-refractivity contribution in [2.75, 3.05) is 6.61 Å². The van der Waals surface area contributed by atoms with Crippen LogP contribution in [0.25, 0.3) is 6.08 Å². The Balaban J connectivity index is 2.73. The van der Waals surface area contributed by atoms with Gasteiger partial charge in [0.25, 0.3) is 0 Å². The lowest BCUT2D eigenvalue weighted by Crippen LogP contribution is -1.92. The molecule has 0 radical (unpaired) electrons. The third-order valence-corrected chi connectivity index (χ3v) is 1.61. The normalized spacial score (nSPS) is 10.1. The lowest BCUT2D eigenvalue weighted by atomic mass is 10.2. The van der Waals surface area contributed by atoms with Crippen LogP contribution in [0, 0.1) is 10.1 Å². The van der Waals surface area contributed by atoms with E-state index in [2.05, 4.69) is 6.58 Å². The molecule has 15 heavy (non-hydrogen) atoms. The molecule has 0 spiro atoms. The largest absolute Gasteiger partial charge is 0.490 e. The van der Waals surface area contributed by atoms with Crippen molar-refractivity contribution in [2.24, 2.45) is 0 Å². The molecule has 4 nitrogen and oxygen atoms in total. The van der Waals surface area contributed by atoms with Gasteiger partial charge in [0, 0.05) is 6.08 Å². The Morgan fingerprint density at radius 1 is 1.53 bits per heavy atom. The molecule has 0 amide bonds. The van der Waals surface area contributed by atoms with Crippen LogP contribution < -0.4 is 4.74 Å². The van der Waals surface area contributed by atoms with E-state index in [9.17, 15) is 10.1 Å². The standard InChI is InChI=1S/C11H11NO3/c1-2-8-15-11-5-3-4-10(9-11)6-7-12(13)14/h2-7,9H,1,8H2. The lowest BCUT2D eigenvalue weighted by Gasteiger charge is -2.02. The van der Waals surface area contributed by atoms with Crippen LogP contribution >= 0.6 is 0 Å². The van der Waals surface area contributed by atoms with Crippen LogP contribution in [0.15, 0.2) is 43.1 Å². The fourth-order valence-corrected chi connectivity index (χ4v) is 1.01. The highest BCUT2D eigenvalue weighted by Crippen LogP contribution is 2.14. The molecule has 1 aromatic carbocycles. The first-order chi connectivity index (χ1) is 7.22. The molecule has 1 aromatic rings. The SMILES string of the molecule is C=CCOc1cccc(C=C[N+](=O)[O-])c1. The summed E-state index contributed by atoms with van der Waals surface area (Å²) in [4.78, 5) is 9.60. The molecule has 0 atom stereocenters. The summed E-state index contributed by atoms with van der Waals surface area (Å²) in [6, 6.07) is 7.05. The number of nitro groups is 1. The second-order valence-corrected chi connectivity index (χ2v) is 2.77. The highest BCUT2D eigenvalue weighted by Gasteiger charge is 1.94. The number of benzene rings is 1. The molecule has 0 fully saturated rings. The molecular weight excluding hydrogens is 194 g/mol. The van der Waals surface area contributed by atoms with Crippen molar-refractivity contribution >= 4 is 6.08 Å². The molecule has 1 rings (SSSR count). The maximum Gasteiger partial charge on any atom is 0.235 e. The fraction of sp³-hybridized carbons (Fsp3) is 0.0909. The minimum absolute atomic E-state index is 0.419. The van der Waals surface area contributed by atoms with Crippen molar-refractivity contribution in [1.82, 2.24) is 0 Å². The number of hydrogen-bond donors (Lipinski definition) is 0. The Morgan fingerprint density at radius 2 is 2.33 bits per heavy atom. The third-order valence-electron chi connectivity index (χ3n) is 1.61. The second-order valence-electron chi connectivity index (χ2n) is 2.77. The van der Waals surface area contributed by atoms with Gasteiger partial charge in [0.2, 0.25) is 6.20 Å². The third kappa shape index (κ3) is 4.08. The molecule has 78 valence electrons. The second kappa shape index (κ2) is 5.59. The molecule has 0 saturated heterocycles. The summed E-state index contributed by atoms with van der Waals surface area (Å²) in [6.07, 6.45) is 3.95. The van der Waals surface area contributed by atoms with Crippen molar-refractivity contribution in [3.8, 4) is 5.75 Å². The van der Waals surface area contributed by atoms with Crippen molar-refractivity contribution in [1.29, 1.82) is 0 Å². The van der Waals surface area contributed by atoms with Gasteiger partial charge in [-0.25, -0.2) is 0 Å². The molecule has 0 bridgehead atoms. The number of hydrogen-bond acceptors (Lipinski definition) is 3. The number of nitrogens with zero attached hydrogens (tertiary/aromatic N) is 1. The molecule has 0 aliphatic heterocycles. The predicted molar refractivity (Wildman–Crippen MR) is 58.2 cm³/mol. The first kappa shape index (κ1) is 11.0. The van der Waals surface area contributed by atoms with Gasteiger partial charge in [-0.05, 0) is 17.7 Å². The fourth-order valence-electron chi connectivity index (χ4n) is 1.01. The summed E-state index contributed by atoms with van der Waals surface area (Å²) >= 11 is 0. The van der Waals surface area contributed by atoms with E-state index in [-0.39, 0.29) is 0 Å². The van der Waals surface area contributed by atoms with Crippen LogP contribution in [-0.2, 0) is 0 Å². The van der Waals surface area contributed by atoms with Crippen LogP contribution in [0.3, 0.4) is 0 Å². The van der Waals surface area contributed by atoms with Gasteiger partial charge in [-0.1, -0.05) is 24.8 Å². The summed E-state index contributed by atoms with van der Waals surface area (Å²) in [6.45, 7) is 3.95. The van der Waals surface area contributed by atoms with Gasteiger partial charge in [-0.3, -0.25) is 10.1 Å². The Labute approximate surface area is 87.6 Å². The Kier molecular flexibility index (Phi) is 4.09. The van der Waals surface area contributed by atoms with E-state index in [0.717, 1.165) is 11.8 Å². The van der Waals surface area contributed by atoms with Gasteiger partial charge in [0.05, 0.1) is 4.92 Å². The molecular formula is C11H11NO3. The number of ether oxygens (including phenoxy) is 1. The molecule has 0 aromatic heterocycles. The van der Waals surface area contributed by atoms with Crippen LogP contribution in [0.2, 0.25) is 0 Å². The molecule has 0 aliphatic carbocycles. The van der Waals surface area contributed by atoms with Gasteiger partial charge in [0.15, 0.2) is 0 Å². The minimum Gasteiger partial charge on any atom is -0.490 e. The highest BCUT2D eigenvalue weighted by molar-refractivity contribution is 5.50. The zero-order valence-corrected chi connectivity index (χ0v) is 8.13. The Bertz CT molecular complexity index is 385. The van der Waals surface area contributed by atoms with Crippen LogP contribution in [0.1, 0.15) is 5.56 Å². The lowest BCUT2D eigenvalue weighted by molar-refractivity contribution is -0.400. The van der Waals surface area contributed by atoms with Crippen molar-refractivity contribution < 1.29 is 9.66 Å². The van der Waals surface area contributed by atoms with E-state index < -0.39 is 4.92 Å². The van der Waals surface area contributed by atoms with Crippen molar-refractivity contribution in [2.45, 2.75) is 0 Å². The zero-order chi connectivity index (χ0) is 11.1. The maximum absolute atomic E-state index is 10.1. The summed E-state index contributed by atoms with van der Waals surface area (Å²) in [5.41, 5.74) is 0.730. The van der Waals surface area contributed by atoms with E-state index in [1.807, 2.05) is 0 Å². The monoisotopic (exact) mass is 205 g/mol. The molecule has 0 aliphatic rings. The van der Waals surface area contributed by atoms with Crippen molar-refractivity contribution in [3.63, 3.8) is 0 Å². The molecule has 0 saturated carbocycles. The van der Waals surface area contributed by atoms with Gasteiger partial charge in [-0.15, -0.1) is 0 Å². The van der Waals surface area contributed by atoms with Crippen LogP contribution in [0.4, 0.5) is 0 Å². The van der Waals surface area contributed by atoms with E-state index in [4.69, 9.17) is 4.74 Å². The van der Waals surface area contributed by atoms with Gasteiger partial charge in [0.1, 0.15) is 12.4 Å². The van der Waals surface area contributed by atoms with Gasteiger partial charge in [-0.2, -0.15) is 0 Å².